The third-order valence-corrected chi connectivity index (χ3v) is 4.56. The van der Waals surface area contributed by atoms with Crippen LogP contribution in [0.4, 0.5) is 4.79 Å². The van der Waals surface area contributed by atoms with Gasteiger partial charge in [-0.2, -0.15) is 0 Å². The van der Waals surface area contributed by atoms with Crippen LogP contribution in [0.15, 0.2) is 18.2 Å². The van der Waals surface area contributed by atoms with Crippen LogP contribution in [0.3, 0.4) is 0 Å². The Balaban J connectivity index is 1.66. The molecule has 5 heteroatoms. The summed E-state index contributed by atoms with van der Waals surface area (Å²) in [5.74, 6) is 0.444. The zero-order valence-corrected chi connectivity index (χ0v) is 12.4. The molecule has 2 atom stereocenters. The van der Waals surface area contributed by atoms with Gasteiger partial charge in [0.1, 0.15) is 0 Å². The van der Waals surface area contributed by atoms with E-state index < -0.39 is 5.97 Å². The number of hydrogen-bond donors (Lipinski definition) is 1. The molecule has 21 heavy (non-hydrogen) atoms. The van der Waals surface area contributed by atoms with Gasteiger partial charge in [-0.05, 0) is 41.5 Å². The fourth-order valence-corrected chi connectivity index (χ4v) is 2.99. The summed E-state index contributed by atoms with van der Waals surface area (Å²) in [4.78, 5) is 27.0. The van der Waals surface area contributed by atoms with Gasteiger partial charge in [-0.25, -0.2) is 9.59 Å². The van der Waals surface area contributed by atoms with E-state index in [2.05, 4.69) is 6.92 Å². The Hall–Kier alpha value is -2.04. The van der Waals surface area contributed by atoms with Crippen LogP contribution >= 0.6 is 0 Å². The van der Waals surface area contributed by atoms with Crippen LogP contribution in [0, 0.1) is 11.8 Å². The standard InChI is InChI=1S/C16H20N2O3/c1-10-5-13(10)7-17(2)16(21)18-8-12-4-3-11(15(19)20)6-14(12)9-18/h3-4,6,10,13H,5,7-9H2,1-2H3,(H,19,20). The Morgan fingerprint density at radius 3 is 2.62 bits per heavy atom. The quantitative estimate of drug-likeness (QED) is 0.929. The molecule has 1 fully saturated rings. The second-order valence-electron chi connectivity index (χ2n) is 6.28. The van der Waals surface area contributed by atoms with E-state index in [1.807, 2.05) is 13.1 Å². The lowest BCUT2D eigenvalue weighted by Crippen LogP contribution is -2.39. The van der Waals surface area contributed by atoms with Gasteiger partial charge < -0.3 is 14.9 Å². The summed E-state index contributed by atoms with van der Waals surface area (Å²) >= 11 is 0. The molecule has 2 unspecified atom stereocenters. The van der Waals surface area contributed by atoms with Crippen molar-refractivity contribution in [2.75, 3.05) is 13.6 Å². The lowest BCUT2D eigenvalue weighted by Gasteiger charge is -2.24. The van der Waals surface area contributed by atoms with Gasteiger partial charge in [-0.3, -0.25) is 0 Å². The van der Waals surface area contributed by atoms with E-state index in [9.17, 15) is 9.59 Å². The largest absolute Gasteiger partial charge is 0.478 e. The number of carbonyl (C=O) groups excluding carboxylic acids is 1. The Bertz CT molecular complexity index is 599. The topological polar surface area (TPSA) is 60.9 Å². The van der Waals surface area contributed by atoms with Gasteiger partial charge in [0.15, 0.2) is 0 Å². The van der Waals surface area contributed by atoms with Crippen LogP contribution in [-0.4, -0.2) is 40.5 Å². The molecule has 2 amide bonds. The van der Waals surface area contributed by atoms with Gasteiger partial charge in [0.25, 0.3) is 0 Å². The van der Waals surface area contributed by atoms with E-state index in [1.165, 1.54) is 6.42 Å². The third kappa shape index (κ3) is 2.73. The van der Waals surface area contributed by atoms with E-state index in [-0.39, 0.29) is 11.6 Å². The molecular formula is C16H20N2O3. The molecule has 1 saturated carbocycles. The van der Waals surface area contributed by atoms with Crippen LogP contribution in [-0.2, 0) is 13.1 Å². The molecular weight excluding hydrogens is 268 g/mol. The minimum atomic E-state index is -0.928. The van der Waals surface area contributed by atoms with Gasteiger partial charge in [-0.1, -0.05) is 13.0 Å². The first kappa shape index (κ1) is 13.9. The predicted octanol–water partition coefficient (Wildman–Crippen LogP) is 2.41. The van der Waals surface area contributed by atoms with Gasteiger partial charge in [0.2, 0.25) is 0 Å². The van der Waals surface area contributed by atoms with Gasteiger partial charge in [-0.15, -0.1) is 0 Å². The van der Waals surface area contributed by atoms with E-state index >= 15 is 0 Å². The van der Waals surface area contributed by atoms with Gasteiger partial charge in [0.05, 0.1) is 5.56 Å². The number of nitrogens with zero attached hydrogens (tertiary/aromatic N) is 2. The number of rotatable bonds is 3. The van der Waals surface area contributed by atoms with E-state index in [1.54, 1.807) is 21.9 Å². The Kier molecular flexibility index (Phi) is 3.35. The van der Waals surface area contributed by atoms with E-state index in [4.69, 9.17) is 5.11 Å². The lowest BCUT2D eigenvalue weighted by molar-refractivity contribution is 0.0696. The molecule has 2 aliphatic rings. The van der Waals surface area contributed by atoms with Crippen molar-refractivity contribution in [3.05, 3.63) is 34.9 Å². The number of amides is 2. The highest BCUT2D eigenvalue weighted by molar-refractivity contribution is 5.88. The van der Waals surface area contributed by atoms with Crippen LogP contribution in [0.5, 0.6) is 0 Å². The first-order chi connectivity index (χ1) is 9.95. The number of hydrogen-bond acceptors (Lipinski definition) is 2. The van der Waals surface area contributed by atoms with Crippen molar-refractivity contribution in [2.45, 2.75) is 26.4 Å². The van der Waals surface area contributed by atoms with Gasteiger partial charge >= 0.3 is 12.0 Å². The number of urea groups is 1. The van der Waals surface area contributed by atoms with Crippen molar-refractivity contribution >= 4 is 12.0 Å². The highest BCUT2D eigenvalue weighted by Crippen LogP contribution is 2.38. The van der Waals surface area contributed by atoms with Crippen molar-refractivity contribution in [1.29, 1.82) is 0 Å². The normalized spacial score (nSPS) is 22.9. The molecule has 0 aromatic heterocycles. The molecule has 0 spiro atoms. The number of aromatic carboxylic acids is 1. The summed E-state index contributed by atoms with van der Waals surface area (Å²) in [6.07, 6.45) is 1.21. The molecule has 112 valence electrons. The SMILES string of the molecule is CC1CC1CN(C)C(=O)N1Cc2ccc(C(=O)O)cc2C1. The minimum absolute atomic E-state index is 0.0298. The zero-order chi connectivity index (χ0) is 15.1. The first-order valence-electron chi connectivity index (χ1n) is 7.31. The summed E-state index contributed by atoms with van der Waals surface area (Å²) < 4.78 is 0. The molecule has 1 aliphatic carbocycles. The van der Waals surface area contributed by atoms with E-state index in [0.29, 0.717) is 19.0 Å². The number of carboxylic acid groups (broad SMARTS) is 1. The molecule has 0 bridgehead atoms. The second-order valence-corrected chi connectivity index (χ2v) is 6.28. The van der Waals surface area contributed by atoms with Crippen LogP contribution in [0.25, 0.3) is 0 Å². The third-order valence-electron chi connectivity index (χ3n) is 4.56. The van der Waals surface area contributed by atoms with Gasteiger partial charge in [0, 0.05) is 26.7 Å². The van der Waals surface area contributed by atoms with Crippen molar-refractivity contribution in [2.24, 2.45) is 11.8 Å². The summed E-state index contributed by atoms with van der Waals surface area (Å²) in [5, 5.41) is 9.02. The molecule has 1 aromatic carbocycles. The summed E-state index contributed by atoms with van der Waals surface area (Å²) in [5.41, 5.74) is 2.26. The molecule has 1 N–H and O–H groups in total. The zero-order valence-electron chi connectivity index (χ0n) is 12.4. The maximum absolute atomic E-state index is 12.4. The Morgan fingerprint density at radius 2 is 2.00 bits per heavy atom. The highest BCUT2D eigenvalue weighted by atomic mass is 16.4. The Morgan fingerprint density at radius 1 is 1.33 bits per heavy atom. The van der Waals surface area contributed by atoms with Crippen LogP contribution in [0.1, 0.15) is 34.8 Å². The maximum Gasteiger partial charge on any atom is 0.335 e. The van der Waals surface area contributed by atoms with Crippen molar-refractivity contribution in [3.8, 4) is 0 Å². The molecule has 1 heterocycles. The monoisotopic (exact) mass is 288 g/mol. The predicted molar refractivity (Wildman–Crippen MR) is 77.9 cm³/mol. The number of carboxylic acids is 1. The lowest BCUT2D eigenvalue weighted by atomic mass is 10.1. The van der Waals surface area contributed by atoms with Crippen molar-refractivity contribution in [1.82, 2.24) is 9.80 Å². The average molecular weight is 288 g/mol. The molecule has 0 saturated heterocycles. The van der Waals surface area contributed by atoms with Crippen LogP contribution in [0.2, 0.25) is 0 Å². The number of benzene rings is 1. The Labute approximate surface area is 124 Å². The fraction of sp³-hybridized carbons (Fsp3) is 0.500. The van der Waals surface area contributed by atoms with Crippen molar-refractivity contribution in [3.63, 3.8) is 0 Å². The van der Waals surface area contributed by atoms with Crippen molar-refractivity contribution < 1.29 is 14.7 Å². The van der Waals surface area contributed by atoms with Crippen LogP contribution < -0.4 is 0 Å². The minimum Gasteiger partial charge on any atom is -0.478 e. The smallest absolute Gasteiger partial charge is 0.335 e. The molecule has 1 aromatic rings. The molecule has 3 rings (SSSR count). The summed E-state index contributed by atoms with van der Waals surface area (Å²) in [7, 11) is 1.85. The molecule has 0 radical (unpaired) electrons. The second kappa shape index (κ2) is 5.06. The summed E-state index contributed by atoms with van der Waals surface area (Å²) in [6, 6.07) is 5.12. The number of carbonyl (C=O) groups is 2. The number of fused-ring (bicyclic) bond motifs is 1. The first-order valence-corrected chi connectivity index (χ1v) is 7.31. The van der Waals surface area contributed by atoms with E-state index in [0.717, 1.165) is 23.6 Å². The fourth-order valence-electron chi connectivity index (χ4n) is 2.99. The highest BCUT2D eigenvalue weighted by Gasteiger charge is 2.35. The molecule has 1 aliphatic heterocycles. The summed E-state index contributed by atoms with van der Waals surface area (Å²) in [6.45, 7) is 4.09. The average Bonchev–Trinajstić information content (AvgIpc) is 2.99. The maximum atomic E-state index is 12.4. The molecule has 5 nitrogen and oxygen atoms in total.